The Bertz CT molecular complexity index is 1540. The smallest absolute Gasteiger partial charge is 0.417 e. The number of carbonyl (C=O) groups excluding carboxylic acids is 3. The number of piperidine rings is 1. The van der Waals surface area contributed by atoms with E-state index in [9.17, 15) is 19.2 Å². The van der Waals surface area contributed by atoms with Gasteiger partial charge in [0.2, 0.25) is 5.91 Å². The van der Waals surface area contributed by atoms with Crippen LogP contribution in [0.15, 0.2) is 51.7 Å². The summed E-state index contributed by atoms with van der Waals surface area (Å²) >= 11 is 0. The first-order valence-corrected chi connectivity index (χ1v) is 14.8. The van der Waals surface area contributed by atoms with E-state index in [0.717, 1.165) is 16.8 Å². The monoisotopic (exact) mass is 592 g/mol. The number of likely N-dealkylation sites (N-methyl/N-ethyl adjacent to an activating group) is 2. The van der Waals surface area contributed by atoms with Gasteiger partial charge in [0.25, 0.3) is 0 Å². The maximum absolute atomic E-state index is 13.9. The van der Waals surface area contributed by atoms with Gasteiger partial charge in [-0.1, -0.05) is 24.3 Å². The number of hydrogen-bond acceptors (Lipinski definition) is 7. The van der Waals surface area contributed by atoms with Crippen LogP contribution in [0.5, 0.6) is 0 Å². The van der Waals surface area contributed by atoms with Gasteiger partial charge >= 0.3 is 17.9 Å². The van der Waals surface area contributed by atoms with Gasteiger partial charge in [-0.25, -0.2) is 14.4 Å². The molecule has 5 rings (SSSR count). The normalized spacial score (nSPS) is 16.6. The molecule has 2 aliphatic heterocycles. The molecule has 1 spiro atoms. The van der Waals surface area contributed by atoms with Crippen molar-refractivity contribution in [1.29, 1.82) is 0 Å². The van der Waals surface area contributed by atoms with Crippen LogP contribution in [0.25, 0.3) is 11.1 Å². The minimum Gasteiger partial charge on any atom is -0.438 e. The standard InChI is InChI=1S/C31H40N6O6/c1-5-36(17-16-35(4)20(2)3)27(38)25(18-21-10-11-24-26(19-21)42-29(40)34-24)32-28(39)37-14-12-31(13-15-37)22-8-6-7-9-23(22)33-30(41)43-31/h6-11,19-20,25H,5,12-18H2,1-4H3,(H,32,39)(H,33,41)(H,34,40). The molecule has 1 atom stereocenters. The Labute approximate surface area is 250 Å². The van der Waals surface area contributed by atoms with Crippen molar-refractivity contribution in [1.82, 2.24) is 25.0 Å². The fourth-order valence-corrected chi connectivity index (χ4v) is 5.77. The number of benzene rings is 2. The number of urea groups is 1. The number of likely N-dealkylation sites (tertiary alicyclic amines) is 1. The quantitative estimate of drug-likeness (QED) is 0.346. The second-order valence-electron chi connectivity index (χ2n) is 11.6. The molecule has 2 aliphatic rings. The first-order valence-electron chi connectivity index (χ1n) is 14.8. The molecule has 0 aliphatic carbocycles. The molecule has 3 aromatic rings. The van der Waals surface area contributed by atoms with E-state index in [-0.39, 0.29) is 18.4 Å². The van der Waals surface area contributed by atoms with Gasteiger partial charge in [-0.3, -0.25) is 15.1 Å². The average Bonchev–Trinajstić information content (AvgIpc) is 3.36. The summed E-state index contributed by atoms with van der Waals surface area (Å²) in [6.07, 6.45) is 0.602. The lowest BCUT2D eigenvalue weighted by Crippen LogP contribution is -2.56. The van der Waals surface area contributed by atoms with Gasteiger partial charge < -0.3 is 29.2 Å². The summed E-state index contributed by atoms with van der Waals surface area (Å²) in [6, 6.07) is 12.0. The highest BCUT2D eigenvalue weighted by atomic mass is 16.6. The zero-order chi connectivity index (χ0) is 30.7. The van der Waals surface area contributed by atoms with Crippen molar-refractivity contribution in [3.05, 3.63) is 64.1 Å². The molecule has 3 N–H and O–H groups in total. The molecule has 3 heterocycles. The fraction of sp³-hybridized carbons (Fsp3) is 0.484. The number of carbonyl (C=O) groups is 3. The molecule has 4 amide bonds. The van der Waals surface area contributed by atoms with Gasteiger partial charge in [0, 0.05) is 63.6 Å². The maximum Gasteiger partial charge on any atom is 0.417 e. The van der Waals surface area contributed by atoms with E-state index in [1.807, 2.05) is 44.3 Å². The Hall–Kier alpha value is -4.32. The Balaban J connectivity index is 1.32. The van der Waals surface area contributed by atoms with Crippen molar-refractivity contribution in [2.75, 3.05) is 45.1 Å². The summed E-state index contributed by atoms with van der Waals surface area (Å²) < 4.78 is 11.0. The average molecular weight is 593 g/mol. The highest BCUT2D eigenvalue weighted by molar-refractivity contribution is 5.89. The lowest BCUT2D eigenvalue weighted by Gasteiger charge is -2.44. The van der Waals surface area contributed by atoms with Gasteiger partial charge in [-0.05, 0) is 51.6 Å². The molecule has 0 bridgehead atoms. The van der Waals surface area contributed by atoms with Gasteiger partial charge in [0.05, 0.1) is 11.2 Å². The van der Waals surface area contributed by atoms with Crippen molar-refractivity contribution in [2.24, 2.45) is 0 Å². The third-order valence-electron chi connectivity index (χ3n) is 8.62. The van der Waals surface area contributed by atoms with Crippen LogP contribution in [0, 0.1) is 0 Å². The van der Waals surface area contributed by atoms with Crippen LogP contribution in [0.1, 0.15) is 44.7 Å². The van der Waals surface area contributed by atoms with E-state index in [1.165, 1.54) is 0 Å². The molecule has 0 saturated carbocycles. The van der Waals surface area contributed by atoms with Gasteiger partial charge in [0.15, 0.2) is 5.58 Å². The molecule has 1 saturated heterocycles. The van der Waals surface area contributed by atoms with Crippen LogP contribution < -0.4 is 16.4 Å². The SMILES string of the molecule is CCN(CCN(C)C(C)C)C(=O)C(Cc1ccc2[nH]c(=O)oc2c1)NC(=O)N1CCC2(CC1)OC(=O)Nc1ccccc12. The number of rotatable bonds is 9. The van der Waals surface area contributed by atoms with Crippen LogP contribution in [0.2, 0.25) is 0 Å². The van der Waals surface area contributed by atoms with Crippen LogP contribution in [-0.4, -0.2) is 89.6 Å². The molecule has 1 unspecified atom stereocenters. The zero-order valence-corrected chi connectivity index (χ0v) is 25.1. The summed E-state index contributed by atoms with van der Waals surface area (Å²) in [7, 11) is 2.02. The predicted molar refractivity (Wildman–Crippen MR) is 162 cm³/mol. The zero-order valence-electron chi connectivity index (χ0n) is 25.1. The first kappa shape index (κ1) is 30.1. The number of nitrogens with zero attached hydrogens (tertiary/aromatic N) is 3. The van der Waals surface area contributed by atoms with Crippen molar-refractivity contribution < 1.29 is 23.5 Å². The minimum absolute atomic E-state index is 0.182. The number of fused-ring (bicyclic) bond motifs is 3. The number of nitrogens with one attached hydrogen (secondary N) is 3. The van der Waals surface area contributed by atoms with E-state index in [4.69, 9.17) is 9.15 Å². The number of para-hydroxylation sites is 1. The molecule has 0 radical (unpaired) electrons. The van der Waals surface area contributed by atoms with E-state index in [0.29, 0.717) is 62.7 Å². The molecule has 1 fully saturated rings. The number of amides is 4. The summed E-state index contributed by atoms with van der Waals surface area (Å²) in [5.41, 5.74) is 2.53. The molecule has 12 nitrogen and oxygen atoms in total. The van der Waals surface area contributed by atoms with Crippen molar-refractivity contribution in [2.45, 2.75) is 57.7 Å². The Morgan fingerprint density at radius 3 is 2.56 bits per heavy atom. The molecular formula is C31H40N6O6. The van der Waals surface area contributed by atoms with Gasteiger partial charge in [-0.15, -0.1) is 0 Å². The first-order chi connectivity index (χ1) is 20.6. The summed E-state index contributed by atoms with van der Waals surface area (Å²) in [6.45, 7) is 8.54. The van der Waals surface area contributed by atoms with Crippen LogP contribution in [0.3, 0.4) is 0 Å². The third-order valence-corrected chi connectivity index (χ3v) is 8.62. The van der Waals surface area contributed by atoms with E-state index in [2.05, 4.69) is 34.4 Å². The van der Waals surface area contributed by atoms with Gasteiger partial charge in [0.1, 0.15) is 11.6 Å². The van der Waals surface area contributed by atoms with Crippen molar-refractivity contribution >= 4 is 34.8 Å². The largest absolute Gasteiger partial charge is 0.438 e. The Kier molecular flexibility index (Phi) is 8.77. The number of ether oxygens (including phenoxy) is 1. The topological polar surface area (TPSA) is 140 Å². The number of hydrogen-bond donors (Lipinski definition) is 3. The predicted octanol–water partition coefficient (Wildman–Crippen LogP) is 3.48. The van der Waals surface area contributed by atoms with E-state index in [1.54, 1.807) is 21.9 Å². The van der Waals surface area contributed by atoms with Crippen molar-refractivity contribution in [3.8, 4) is 0 Å². The summed E-state index contributed by atoms with van der Waals surface area (Å²) in [5.74, 6) is -0.734. The highest BCUT2D eigenvalue weighted by Gasteiger charge is 2.45. The minimum atomic E-state index is -0.840. The lowest BCUT2D eigenvalue weighted by atomic mass is 9.82. The van der Waals surface area contributed by atoms with E-state index < -0.39 is 23.5 Å². The Morgan fingerprint density at radius 1 is 1.09 bits per heavy atom. The number of anilines is 1. The van der Waals surface area contributed by atoms with E-state index >= 15 is 0 Å². The molecule has 12 heteroatoms. The summed E-state index contributed by atoms with van der Waals surface area (Å²) in [5, 5.41) is 5.75. The fourth-order valence-electron chi connectivity index (χ4n) is 5.77. The number of aromatic nitrogens is 1. The summed E-state index contributed by atoms with van der Waals surface area (Å²) in [4.78, 5) is 59.7. The molecular weight excluding hydrogens is 552 g/mol. The number of aromatic amines is 1. The van der Waals surface area contributed by atoms with Crippen molar-refractivity contribution in [3.63, 3.8) is 0 Å². The van der Waals surface area contributed by atoms with Crippen LogP contribution in [-0.2, 0) is 21.6 Å². The molecule has 1 aromatic heterocycles. The second-order valence-corrected chi connectivity index (χ2v) is 11.6. The number of oxazole rings is 1. The maximum atomic E-state index is 13.9. The number of H-pyrrole nitrogens is 1. The van der Waals surface area contributed by atoms with Gasteiger partial charge in [-0.2, -0.15) is 0 Å². The van der Waals surface area contributed by atoms with Crippen LogP contribution >= 0.6 is 0 Å². The highest BCUT2D eigenvalue weighted by Crippen LogP contribution is 2.43. The molecule has 43 heavy (non-hydrogen) atoms. The second kappa shape index (κ2) is 12.5. The molecule has 230 valence electrons. The Morgan fingerprint density at radius 2 is 1.84 bits per heavy atom. The molecule has 2 aromatic carbocycles. The third kappa shape index (κ3) is 6.53. The lowest BCUT2D eigenvalue weighted by molar-refractivity contribution is -0.133. The van der Waals surface area contributed by atoms with Crippen LogP contribution in [0.4, 0.5) is 15.3 Å².